The maximum atomic E-state index is 12.8. The molecule has 0 fully saturated rings. The van der Waals surface area contributed by atoms with Crippen LogP contribution in [0, 0.1) is 13.8 Å². The van der Waals surface area contributed by atoms with Crippen LogP contribution in [0.4, 0.5) is 5.69 Å². The third-order valence-corrected chi connectivity index (χ3v) is 5.49. The van der Waals surface area contributed by atoms with Crippen molar-refractivity contribution in [2.75, 3.05) is 5.32 Å². The highest BCUT2D eigenvalue weighted by Crippen LogP contribution is 2.28. The Bertz CT molecular complexity index is 1480. The molecule has 0 unspecified atom stereocenters. The first-order valence-electron chi connectivity index (χ1n) is 11.1. The molecule has 0 bridgehead atoms. The molecule has 0 aliphatic rings. The van der Waals surface area contributed by atoms with Gasteiger partial charge < -0.3 is 14.5 Å². The van der Waals surface area contributed by atoms with Crippen LogP contribution in [-0.2, 0) is 0 Å². The van der Waals surface area contributed by atoms with Gasteiger partial charge in [-0.2, -0.15) is 0 Å². The Morgan fingerprint density at radius 2 is 1.66 bits per heavy atom. The molecule has 0 spiro atoms. The molecule has 3 aromatic carbocycles. The van der Waals surface area contributed by atoms with E-state index in [9.17, 15) is 4.79 Å². The third kappa shape index (κ3) is 4.94. The third-order valence-electron chi connectivity index (χ3n) is 5.49. The van der Waals surface area contributed by atoms with Crippen molar-refractivity contribution in [3.8, 4) is 34.4 Å². The van der Waals surface area contributed by atoms with Crippen molar-refractivity contribution in [2.24, 2.45) is 0 Å². The smallest absolute Gasteiger partial charge is 0.255 e. The Morgan fingerprint density at radius 3 is 2.40 bits per heavy atom. The zero-order valence-corrected chi connectivity index (χ0v) is 19.2. The summed E-state index contributed by atoms with van der Waals surface area (Å²) in [7, 11) is 0. The predicted octanol–water partition coefficient (Wildman–Crippen LogP) is 6.46. The van der Waals surface area contributed by atoms with Crippen LogP contribution in [0.5, 0.6) is 11.5 Å². The SMILES string of the molecule is Cc1cc(NC(=O)c2ccc(-c3nnc(-c4ccccc4C)o3)cc2)ccc1Oc1cccnc1. The standard InChI is InChI=1S/C28H22N4O3/c1-18-6-3-4-8-24(18)28-32-31-27(35-28)21-11-9-20(10-12-21)26(33)30-22-13-14-25(19(2)16-22)34-23-7-5-15-29-17-23/h3-17H,1-2H3,(H,30,33). The van der Waals surface area contributed by atoms with Gasteiger partial charge in [-0.1, -0.05) is 18.2 Å². The molecule has 0 atom stereocenters. The zero-order valence-electron chi connectivity index (χ0n) is 19.2. The molecule has 0 radical (unpaired) electrons. The highest BCUT2D eigenvalue weighted by Gasteiger charge is 2.13. The molecule has 2 aromatic heterocycles. The summed E-state index contributed by atoms with van der Waals surface area (Å²) < 4.78 is 11.7. The molecule has 0 aliphatic carbocycles. The molecule has 35 heavy (non-hydrogen) atoms. The van der Waals surface area contributed by atoms with Crippen molar-refractivity contribution in [1.82, 2.24) is 15.2 Å². The largest absolute Gasteiger partial charge is 0.455 e. The van der Waals surface area contributed by atoms with Crippen LogP contribution in [0.2, 0.25) is 0 Å². The Kier molecular flexibility index (Phi) is 6.05. The first kappa shape index (κ1) is 22.0. The Labute approximate surface area is 202 Å². The van der Waals surface area contributed by atoms with Gasteiger partial charge in [-0.25, -0.2) is 0 Å². The molecule has 172 valence electrons. The lowest BCUT2D eigenvalue weighted by Crippen LogP contribution is -2.11. The van der Waals surface area contributed by atoms with E-state index < -0.39 is 0 Å². The van der Waals surface area contributed by atoms with E-state index in [2.05, 4.69) is 20.5 Å². The number of hydrogen-bond donors (Lipinski definition) is 1. The molecule has 2 heterocycles. The van der Waals surface area contributed by atoms with E-state index in [1.807, 2.05) is 62.4 Å². The number of nitrogens with one attached hydrogen (secondary N) is 1. The Hall–Kier alpha value is -4.78. The summed E-state index contributed by atoms with van der Waals surface area (Å²) in [6.45, 7) is 3.92. The van der Waals surface area contributed by atoms with Gasteiger partial charge in [0.05, 0.1) is 6.20 Å². The number of carbonyl (C=O) groups is 1. The molecule has 1 amide bonds. The second-order valence-corrected chi connectivity index (χ2v) is 8.03. The summed E-state index contributed by atoms with van der Waals surface area (Å²) in [6, 6.07) is 24.0. The van der Waals surface area contributed by atoms with Crippen LogP contribution in [-0.4, -0.2) is 21.1 Å². The summed E-state index contributed by atoms with van der Waals surface area (Å²) >= 11 is 0. The van der Waals surface area contributed by atoms with E-state index in [-0.39, 0.29) is 5.91 Å². The molecule has 0 saturated carbocycles. The van der Waals surface area contributed by atoms with E-state index in [1.54, 1.807) is 42.7 Å². The van der Waals surface area contributed by atoms with Gasteiger partial charge >= 0.3 is 0 Å². The minimum atomic E-state index is -0.219. The van der Waals surface area contributed by atoms with Crippen molar-refractivity contribution in [1.29, 1.82) is 0 Å². The number of ether oxygens (including phenoxy) is 1. The second-order valence-electron chi connectivity index (χ2n) is 8.03. The topological polar surface area (TPSA) is 90.1 Å². The minimum absolute atomic E-state index is 0.219. The van der Waals surface area contributed by atoms with Crippen LogP contribution < -0.4 is 10.1 Å². The Morgan fingerprint density at radius 1 is 0.857 bits per heavy atom. The molecule has 0 saturated heterocycles. The lowest BCUT2D eigenvalue weighted by atomic mass is 10.1. The molecule has 0 aliphatic heterocycles. The van der Waals surface area contributed by atoms with E-state index >= 15 is 0 Å². The molecule has 5 rings (SSSR count). The van der Waals surface area contributed by atoms with Gasteiger partial charge in [0.15, 0.2) is 0 Å². The van der Waals surface area contributed by atoms with Gasteiger partial charge in [-0.05, 0) is 85.6 Å². The van der Waals surface area contributed by atoms with Crippen molar-refractivity contribution in [2.45, 2.75) is 13.8 Å². The maximum absolute atomic E-state index is 12.8. The van der Waals surface area contributed by atoms with Gasteiger partial charge in [-0.3, -0.25) is 9.78 Å². The fraction of sp³-hybridized carbons (Fsp3) is 0.0714. The predicted molar refractivity (Wildman–Crippen MR) is 133 cm³/mol. The van der Waals surface area contributed by atoms with Crippen LogP contribution >= 0.6 is 0 Å². The second kappa shape index (κ2) is 9.61. The van der Waals surface area contributed by atoms with E-state index in [1.165, 1.54) is 0 Å². The minimum Gasteiger partial charge on any atom is -0.455 e. The van der Waals surface area contributed by atoms with Crippen LogP contribution in [0.1, 0.15) is 21.5 Å². The summed E-state index contributed by atoms with van der Waals surface area (Å²) in [6.07, 6.45) is 3.34. The lowest BCUT2D eigenvalue weighted by Gasteiger charge is -2.11. The fourth-order valence-corrected chi connectivity index (χ4v) is 3.61. The number of hydrogen-bond acceptors (Lipinski definition) is 6. The fourth-order valence-electron chi connectivity index (χ4n) is 3.61. The summed E-state index contributed by atoms with van der Waals surface area (Å²) in [5, 5.41) is 11.3. The first-order chi connectivity index (χ1) is 17.1. The quantitative estimate of drug-likeness (QED) is 0.311. The van der Waals surface area contributed by atoms with E-state index in [0.29, 0.717) is 34.5 Å². The van der Waals surface area contributed by atoms with Gasteiger partial charge in [0.1, 0.15) is 11.5 Å². The number of amides is 1. The highest BCUT2D eigenvalue weighted by molar-refractivity contribution is 6.04. The van der Waals surface area contributed by atoms with Crippen molar-refractivity contribution >= 4 is 11.6 Å². The summed E-state index contributed by atoms with van der Waals surface area (Å²) in [5.74, 6) is 1.99. The average Bonchev–Trinajstić information content (AvgIpc) is 3.37. The normalized spacial score (nSPS) is 10.7. The number of anilines is 1. The average molecular weight is 463 g/mol. The molecule has 7 heteroatoms. The summed E-state index contributed by atoms with van der Waals surface area (Å²) in [4.78, 5) is 16.8. The number of nitrogens with zero attached hydrogens (tertiary/aromatic N) is 3. The number of aromatic nitrogens is 3. The zero-order chi connectivity index (χ0) is 24.2. The van der Waals surface area contributed by atoms with Crippen molar-refractivity contribution in [3.63, 3.8) is 0 Å². The number of aryl methyl sites for hydroxylation is 2. The Balaban J connectivity index is 1.27. The first-order valence-corrected chi connectivity index (χ1v) is 11.1. The van der Waals surface area contributed by atoms with E-state index in [0.717, 1.165) is 22.3 Å². The van der Waals surface area contributed by atoms with Crippen LogP contribution in [0.25, 0.3) is 22.9 Å². The highest BCUT2D eigenvalue weighted by atomic mass is 16.5. The van der Waals surface area contributed by atoms with Gasteiger partial charge in [0, 0.05) is 28.6 Å². The van der Waals surface area contributed by atoms with Gasteiger partial charge in [0.25, 0.3) is 5.91 Å². The van der Waals surface area contributed by atoms with Crippen LogP contribution in [0.3, 0.4) is 0 Å². The monoisotopic (exact) mass is 462 g/mol. The molecule has 5 aromatic rings. The molecular formula is C28H22N4O3. The van der Waals surface area contributed by atoms with E-state index in [4.69, 9.17) is 9.15 Å². The lowest BCUT2D eigenvalue weighted by molar-refractivity contribution is 0.102. The molecule has 7 nitrogen and oxygen atoms in total. The van der Waals surface area contributed by atoms with Crippen LogP contribution in [0.15, 0.2) is 95.7 Å². The number of carbonyl (C=O) groups excluding carboxylic acids is 1. The van der Waals surface area contributed by atoms with Gasteiger partial charge in [0.2, 0.25) is 11.8 Å². The van der Waals surface area contributed by atoms with Gasteiger partial charge in [-0.15, -0.1) is 10.2 Å². The number of rotatable bonds is 6. The molecule has 1 N–H and O–H groups in total. The van der Waals surface area contributed by atoms with Crippen molar-refractivity contribution < 1.29 is 13.9 Å². The summed E-state index contributed by atoms with van der Waals surface area (Å²) in [5.41, 5.74) is 4.77. The number of pyridine rings is 1. The molecular weight excluding hydrogens is 440 g/mol. The maximum Gasteiger partial charge on any atom is 0.255 e. The number of benzene rings is 3. The van der Waals surface area contributed by atoms with Crippen molar-refractivity contribution in [3.05, 3.63) is 108 Å².